The Morgan fingerprint density at radius 3 is 2.81 bits per heavy atom. The van der Waals surface area contributed by atoms with Crippen LogP contribution in [0.5, 0.6) is 5.75 Å². The van der Waals surface area contributed by atoms with Crippen molar-refractivity contribution in [3.05, 3.63) is 52.2 Å². The molecule has 0 bridgehead atoms. The van der Waals surface area contributed by atoms with E-state index < -0.39 is 0 Å². The molecule has 2 unspecified atom stereocenters. The molecule has 2 aromatic rings. The van der Waals surface area contributed by atoms with Crippen molar-refractivity contribution in [2.75, 3.05) is 13.7 Å². The molecular formula is C17H19NO2S. The predicted molar refractivity (Wildman–Crippen MR) is 84.9 cm³/mol. The lowest BCUT2D eigenvalue weighted by Crippen LogP contribution is -2.27. The van der Waals surface area contributed by atoms with Gasteiger partial charge in [-0.2, -0.15) is 0 Å². The van der Waals surface area contributed by atoms with Gasteiger partial charge in [0.15, 0.2) is 0 Å². The highest BCUT2D eigenvalue weighted by Crippen LogP contribution is 2.49. The molecule has 110 valence electrons. The molecule has 0 spiro atoms. The van der Waals surface area contributed by atoms with Crippen LogP contribution in [0.15, 0.2) is 41.8 Å². The summed E-state index contributed by atoms with van der Waals surface area (Å²) in [6.07, 6.45) is 1.85. The molecule has 1 heterocycles. The first kappa shape index (κ1) is 14.1. The second-order valence-electron chi connectivity index (χ2n) is 5.35. The lowest BCUT2D eigenvalue weighted by Gasteiger charge is -2.06. The predicted octanol–water partition coefficient (Wildman–Crippen LogP) is 3.22. The van der Waals surface area contributed by atoms with Crippen molar-refractivity contribution in [1.82, 2.24) is 5.32 Å². The summed E-state index contributed by atoms with van der Waals surface area (Å²) in [6.45, 7) is 0.693. The molecule has 1 aromatic carbocycles. The smallest absolute Gasteiger partial charge is 0.223 e. The van der Waals surface area contributed by atoms with E-state index in [1.807, 2.05) is 24.3 Å². The minimum Gasteiger partial charge on any atom is -0.497 e. The lowest BCUT2D eigenvalue weighted by molar-refractivity contribution is -0.122. The topological polar surface area (TPSA) is 38.3 Å². The zero-order chi connectivity index (χ0) is 14.7. The van der Waals surface area contributed by atoms with Gasteiger partial charge in [-0.05, 0) is 42.0 Å². The van der Waals surface area contributed by atoms with Crippen LogP contribution in [0.4, 0.5) is 0 Å². The largest absolute Gasteiger partial charge is 0.497 e. The Morgan fingerprint density at radius 2 is 2.14 bits per heavy atom. The summed E-state index contributed by atoms with van der Waals surface area (Å²) >= 11 is 1.75. The summed E-state index contributed by atoms with van der Waals surface area (Å²) in [4.78, 5) is 13.4. The van der Waals surface area contributed by atoms with E-state index in [0.29, 0.717) is 12.5 Å². The van der Waals surface area contributed by atoms with Crippen LogP contribution in [-0.2, 0) is 11.2 Å². The first-order chi connectivity index (χ1) is 10.3. The SMILES string of the molecule is COc1ccc(CCNC(=O)C2CC2c2cccs2)cc1. The van der Waals surface area contributed by atoms with Gasteiger partial charge in [0.25, 0.3) is 0 Å². The third-order valence-electron chi connectivity index (χ3n) is 3.91. The van der Waals surface area contributed by atoms with Crippen molar-refractivity contribution >= 4 is 17.2 Å². The van der Waals surface area contributed by atoms with Gasteiger partial charge in [0, 0.05) is 23.3 Å². The third-order valence-corrected chi connectivity index (χ3v) is 4.91. The summed E-state index contributed by atoms with van der Waals surface area (Å²) in [6, 6.07) is 12.2. The minimum absolute atomic E-state index is 0.180. The summed E-state index contributed by atoms with van der Waals surface area (Å²) < 4.78 is 5.13. The van der Waals surface area contributed by atoms with Gasteiger partial charge in [-0.1, -0.05) is 18.2 Å². The van der Waals surface area contributed by atoms with E-state index in [2.05, 4.69) is 22.8 Å². The van der Waals surface area contributed by atoms with Crippen molar-refractivity contribution in [3.63, 3.8) is 0 Å². The molecule has 1 saturated carbocycles. The van der Waals surface area contributed by atoms with Gasteiger partial charge in [-0.25, -0.2) is 0 Å². The van der Waals surface area contributed by atoms with Crippen molar-refractivity contribution in [2.24, 2.45) is 5.92 Å². The van der Waals surface area contributed by atoms with Gasteiger partial charge in [0.2, 0.25) is 5.91 Å². The molecule has 1 N–H and O–H groups in total. The molecule has 1 aromatic heterocycles. The Hall–Kier alpha value is -1.81. The average molecular weight is 301 g/mol. The van der Waals surface area contributed by atoms with E-state index in [9.17, 15) is 4.79 Å². The number of carbonyl (C=O) groups excluding carboxylic acids is 1. The Morgan fingerprint density at radius 1 is 1.33 bits per heavy atom. The number of ether oxygens (including phenoxy) is 1. The first-order valence-electron chi connectivity index (χ1n) is 7.22. The Bertz CT molecular complexity index is 592. The standard InChI is InChI=1S/C17H19NO2S/c1-20-13-6-4-12(5-7-13)8-9-18-17(19)15-11-14(15)16-3-2-10-21-16/h2-7,10,14-15H,8-9,11H2,1H3,(H,18,19). The number of methoxy groups -OCH3 is 1. The monoisotopic (exact) mass is 301 g/mol. The number of rotatable bonds is 6. The maximum Gasteiger partial charge on any atom is 0.223 e. The van der Waals surface area contributed by atoms with Gasteiger partial charge >= 0.3 is 0 Å². The molecule has 0 saturated heterocycles. The van der Waals surface area contributed by atoms with E-state index in [4.69, 9.17) is 4.74 Å². The second kappa shape index (κ2) is 6.31. The Kier molecular flexibility index (Phi) is 4.25. The van der Waals surface area contributed by atoms with Gasteiger partial charge in [0.1, 0.15) is 5.75 Å². The van der Waals surface area contributed by atoms with Crippen LogP contribution in [0, 0.1) is 5.92 Å². The third kappa shape index (κ3) is 3.45. The van der Waals surface area contributed by atoms with Crippen LogP contribution in [-0.4, -0.2) is 19.6 Å². The molecular weight excluding hydrogens is 282 g/mol. The molecule has 4 heteroatoms. The van der Waals surface area contributed by atoms with Crippen LogP contribution in [0.1, 0.15) is 22.8 Å². The van der Waals surface area contributed by atoms with Gasteiger partial charge < -0.3 is 10.1 Å². The fourth-order valence-electron chi connectivity index (χ4n) is 2.55. The number of thiophene rings is 1. The Balaban J connectivity index is 1.42. The fraction of sp³-hybridized carbons (Fsp3) is 0.353. The number of benzene rings is 1. The Labute approximate surface area is 129 Å². The van der Waals surface area contributed by atoms with E-state index in [-0.39, 0.29) is 11.8 Å². The number of carbonyl (C=O) groups is 1. The highest BCUT2D eigenvalue weighted by molar-refractivity contribution is 7.10. The summed E-state index contributed by atoms with van der Waals surface area (Å²) in [5.74, 6) is 1.69. The molecule has 3 nitrogen and oxygen atoms in total. The summed E-state index contributed by atoms with van der Waals surface area (Å²) in [5, 5.41) is 5.12. The summed E-state index contributed by atoms with van der Waals surface area (Å²) in [7, 11) is 1.66. The zero-order valence-corrected chi connectivity index (χ0v) is 12.9. The molecule has 1 fully saturated rings. The van der Waals surface area contributed by atoms with Gasteiger partial charge in [0.05, 0.1) is 7.11 Å². The van der Waals surface area contributed by atoms with Crippen LogP contribution in [0.3, 0.4) is 0 Å². The van der Waals surface area contributed by atoms with E-state index in [1.165, 1.54) is 10.4 Å². The molecule has 0 aliphatic heterocycles. The molecule has 3 rings (SSSR count). The van der Waals surface area contributed by atoms with Crippen LogP contribution in [0.25, 0.3) is 0 Å². The fourth-order valence-corrected chi connectivity index (χ4v) is 3.46. The maximum atomic E-state index is 12.1. The number of amides is 1. The molecule has 2 atom stereocenters. The minimum atomic E-state index is 0.180. The highest BCUT2D eigenvalue weighted by atomic mass is 32.1. The second-order valence-corrected chi connectivity index (χ2v) is 6.33. The maximum absolute atomic E-state index is 12.1. The van der Waals surface area contributed by atoms with Crippen molar-refractivity contribution in [3.8, 4) is 5.75 Å². The van der Waals surface area contributed by atoms with E-state index >= 15 is 0 Å². The van der Waals surface area contributed by atoms with Gasteiger partial charge in [-0.3, -0.25) is 4.79 Å². The number of nitrogens with one attached hydrogen (secondary N) is 1. The molecule has 21 heavy (non-hydrogen) atoms. The van der Waals surface area contributed by atoms with Crippen molar-refractivity contribution in [2.45, 2.75) is 18.8 Å². The van der Waals surface area contributed by atoms with Crippen LogP contribution in [0.2, 0.25) is 0 Å². The molecule has 1 aliphatic carbocycles. The summed E-state index contributed by atoms with van der Waals surface area (Å²) in [5.41, 5.74) is 1.21. The van der Waals surface area contributed by atoms with Crippen molar-refractivity contribution in [1.29, 1.82) is 0 Å². The van der Waals surface area contributed by atoms with E-state index in [0.717, 1.165) is 18.6 Å². The molecule has 1 amide bonds. The lowest BCUT2D eigenvalue weighted by atomic mass is 10.1. The van der Waals surface area contributed by atoms with E-state index in [1.54, 1.807) is 18.4 Å². The molecule has 0 radical (unpaired) electrons. The van der Waals surface area contributed by atoms with Crippen LogP contribution < -0.4 is 10.1 Å². The highest BCUT2D eigenvalue weighted by Gasteiger charge is 2.44. The average Bonchev–Trinajstić information content (AvgIpc) is 3.14. The number of hydrogen-bond donors (Lipinski definition) is 1. The molecule has 1 aliphatic rings. The van der Waals surface area contributed by atoms with Gasteiger partial charge in [-0.15, -0.1) is 11.3 Å². The van der Waals surface area contributed by atoms with Crippen molar-refractivity contribution < 1.29 is 9.53 Å². The normalized spacial score (nSPS) is 20.0. The zero-order valence-electron chi connectivity index (χ0n) is 12.0. The number of hydrogen-bond acceptors (Lipinski definition) is 3. The quantitative estimate of drug-likeness (QED) is 0.889. The van der Waals surface area contributed by atoms with Crippen LogP contribution >= 0.6 is 11.3 Å². The first-order valence-corrected chi connectivity index (χ1v) is 8.10.